The van der Waals surface area contributed by atoms with Crippen molar-refractivity contribution in [1.29, 1.82) is 0 Å². The molecule has 1 aliphatic carbocycles. The molecule has 1 fully saturated rings. The van der Waals surface area contributed by atoms with Crippen molar-refractivity contribution in [3.05, 3.63) is 11.8 Å². The van der Waals surface area contributed by atoms with Gasteiger partial charge in [-0.3, -0.25) is 9.82 Å². The smallest absolute Gasteiger partial charge is 0.236 e. The highest BCUT2D eigenvalue weighted by Crippen LogP contribution is 2.25. The third-order valence-corrected chi connectivity index (χ3v) is 5.01. The summed E-state index contributed by atoms with van der Waals surface area (Å²) in [4.78, 5) is 0. The van der Waals surface area contributed by atoms with Gasteiger partial charge in [-0.05, 0) is 12.8 Å². The molecule has 2 rings (SSSR count). The van der Waals surface area contributed by atoms with Crippen LogP contribution in [0.15, 0.2) is 6.20 Å². The number of aromatic amines is 1. The van der Waals surface area contributed by atoms with Gasteiger partial charge >= 0.3 is 0 Å². The van der Waals surface area contributed by atoms with Gasteiger partial charge in [0.1, 0.15) is 5.82 Å². The molecular weight excluding hydrogens is 240 g/mol. The van der Waals surface area contributed by atoms with Crippen molar-refractivity contribution < 1.29 is 8.42 Å². The first-order valence-corrected chi connectivity index (χ1v) is 7.42. The summed E-state index contributed by atoms with van der Waals surface area (Å²) in [5.41, 5.74) is 6.18. The van der Waals surface area contributed by atoms with E-state index in [1.54, 1.807) is 6.20 Å². The molecule has 0 radical (unpaired) electrons. The number of hydrogen-bond donors (Lipinski definition) is 3. The minimum Gasteiger partial charge on any atom is -0.326 e. The molecule has 1 aromatic heterocycles. The van der Waals surface area contributed by atoms with Crippen molar-refractivity contribution in [1.82, 2.24) is 10.2 Å². The number of H-pyrrole nitrogens is 1. The maximum Gasteiger partial charge on any atom is 0.236 e. The van der Waals surface area contributed by atoms with E-state index in [4.69, 9.17) is 5.73 Å². The van der Waals surface area contributed by atoms with E-state index >= 15 is 0 Å². The van der Waals surface area contributed by atoms with Gasteiger partial charge in [-0.2, -0.15) is 5.10 Å². The van der Waals surface area contributed by atoms with Crippen LogP contribution in [0.5, 0.6) is 0 Å². The van der Waals surface area contributed by atoms with Crippen LogP contribution in [0.1, 0.15) is 37.7 Å². The number of sulfonamides is 1. The van der Waals surface area contributed by atoms with Gasteiger partial charge in [-0.1, -0.05) is 19.3 Å². The van der Waals surface area contributed by atoms with Crippen LogP contribution >= 0.6 is 0 Å². The molecule has 17 heavy (non-hydrogen) atoms. The fourth-order valence-electron chi connectivity index (χ4n) is 2.16. The second-order valence-corrected chi connectivity index (χ2v) is 6.34. The van der Waals surface area contributed by atoms with Gasteiger partial charge in [0.15, 0.2) is 0 Å². The molecule has 1 aromatic rings. The van der Waals surface area contributed by atoms with Gasteiger partial charge in [0.05, 0.1) is 11.4 Å². The number of anilines is 1. The zero-order valence-electron chi connectivity index (χ0n) is 9.65. The number of nitrogens with zero attached hydrogens (tertiary/aromatic N) is 1. The van der Waals surface area contributed by atoms with Gasteiger partial charge in [0.2, 0.25) is 10.0 Å². The fraction of sp³-hybridized carbons (Fsp3) is 0.700. The monoisotopic (exact) mass is 258 g/mol. The zero-order valence-corrected chi connectivity index (χ0v) is 10.5. The topological polar surface area (TPSA) is 101 Å². The molecule has 0 aliphatic heterocycles. The van der Waals surface area contributed by atoms with Crippen LogP contribution in [0.25, 0.3) is 0 Å². The molecule has 0 bridgehead atoms. The molecule has 1 heterocycles. The first-order valence-electron chi connectivity index (χ1n) is 5.87. The van der Waals surface area contributed by atoms with Crippen molar-refractivity contribution in [3.63, 3.8) is 0 Å². The maximum absolute atomic E-state index is 12.1. The lowest BCUT2D eigenvalue weighted by atomic mass is 10.0. The summed E-state index contributed by atoms with van der Waals surface area (Å²) in [5, 5.41) is 6.14. The molecule has 4 N–H and O–H groups in total. The molecule has 0 atom stereocenters. The molecule has 1 aliphatic rings. The highest BCUT2D eigenvalue weighted by Gasteiger charge is 2.28. The Morgan fingerprint density at radius 1 is 1.41 bits per heavy atom. The molecule has 0 amide bonds. The second kappa shape index (κ2) is 5.05. The lowest BCUT2D eigenvalue weighted by Crippen LogP contribution is -2.30. The second-order valence-electron chi connectivity index (χ2n) is 4.38. The van der Waals surface area contributed by atoms with Crippen LogP contribution in [0, 0.1) is 0 Å². The molecule has 0 saturated heterocycles. The van der Waals surface area contributed by atoms with Gasteiger partial charge in [0, 0.05) is 12.1 Å². The minimum absolute atomic E-state index is 0.263. The predicted molar refractivity (Wildman–Crippen MR) is 65.9 cm³/mol. The molecule has 0 spiro atoms. The predicted octanol–water partition coefficient (Wildman–Crippen LogP) is 0.943. The van der Waals surface area contributed by atoms with Gasteiger partial charge in [0.25, 0.3) is 0 Å². The quantitative estimate of drug-likeness (QED) is 0.748. The Labute approximate surface area is 101 Å². The largest absolute Gasteiger partial charge is 0.326 e. The van der Waals surface area contributed by atoms with Crippen molar-refractivity contribution in [3.8, 4) is 0 Å². The molecule has 96 valence electrons. The van der Waals surface area contributed by atoms with Crippen LogP contribution in [0.2, 0.25) is 0 Å². The number of rotatable bonds is 4. The summed E-state index contributed by atoms with van der Waals surface area (Å²) in [6, 6.07) is 0. The van der Waals surface area contributed by atoms with Crippen LogP contribution in [0.3, 0.4) is 0 Å². The highest BCUT2D eigenvalue weighted by atomic mass is 32.2. The van der Waals surface area contributed by atoms with Gasteiger partial charge in [-0.25, -0.2) is 8.42 Å². The number of nitrogens with two attached hydrogens (primary N) is 1. The van der Waals surface area contributed by atoms with Gasteiger partial charge < -0.3 is 5.73 Å². The fourth-order valence-corrected chi connectivity index (χ4v) is 3.74. The Morgan fingerprint density at radius 3 is 2.76 bits per heavy atom. The average Bonchev–Trinajstić information content (AvgIpc) is 2.77. The standard InChI is InChI=1S/C10H18N4O2S/c11-6-8-7-12-13-10(8)14-17(15,16)9-4-2-1-3-5-9/h7,9H,1-6,11H2,(H2,12,13,14). The van der Waals surface area contributed by atoms with E-state index in [1.165, 1.54) is 0 Å². The van der Waals surface area contributed by atoms with Crippen LogP contribution < -0.4 is 10.5 Å². The number of hydrogen-bond acceptors (Lipinski definition) is 4. The van der Waals surface area contributed by atoms with Crippen molar-refractivity contribution >= 4 is 15.8 Å². The summed E-state index contributed by atoms with van der Waals surface area (Å²) in [6.45, 7) is 0.263. The zero-order chi connectivity index (χ0) is 12.3. The normalized spacial score (nSPS) is 18.2. The van der Waals surface area contributed by atoms with E-state index in [1.807, 2.05) is 0 Å². The maximum atomic E-state index is 12.1. The van der Waals surface area contributed by atoms with Crippen LogP contribution in [-0.2, 0) is 16.6 Å². The summed E-state index contributed by atoms with van der Waals surface area (Å²) >= 11 is 0. The SMILES string of the molecule is NCc1cn[nH]c1NS(=O)(=O)C1CCCCC1. The molecule has 7 heteroatoms. The lowest BCUT2D eigenvalue weighted by Gasteiger charge is -2.22. The Bertz CT molecular complexity index is 462. The lowest BCUT2D eigenvalue weighted by molar-refractivity contribution is 0.486. The molecule has 6 nitrogen and oxygen atoms in total. The van der Waals surface area contributed by atoms with E-state index in [0.29, 0.717) is 11.4 Å². The van der Waals surface area contributed by atoms with E-state index in [2.05, 4.69) is 14.9 Å². The summed E-state index contributed by atoms with van der Waals surface area (Å²) in [5.74, 6) is 0.401. The van der Waals surface area contributed by atoms with Crippen LogP contribution in [0.4, 0.5) is 5.82 Å². The first-order chi connectivity index (χ1) is 8.13. The summed E-state index contributed by atoms with van der Waals surface area (Å²) in [6.07, 6.45) is 6.11. The van der Waals surface area contributed by atoms with Crippen molar-refractivity contribution in [2.24, 2.45) is 5.73 Å². The van der Waals surface area contributed by atoms with E-state index < -0.39 is 10.0 Å². The molecule has 0 unspecified atom stereocenters. The highest BCUT2D eigenvalue weighted by molar-refractivity contribution is 7.93. The minimum atomic E-state index is -3.32. The third-order valence-electron chi connectivity index (χ3n) is 3.17. The average molecular weight is 258 g/mol. The first kappa shape index (κ1) is 12.4. The number of nitrogens with one attached hydrogen (secondary N) is 2. The number of aromatic nitrogens is 2. The van der Waals surface area contributed by atoms with Crippen molar-refractivity contribution in [2.45, 2.75) is 43.9 Å². The molecule has 1 saturated carbocycles. The summed E-state index contributed by atoms with van der Waals surface area (Å²) < 4.78 is 26.8. The Morgan fingerprint density at radius 2 is 2.12 bits per heavy atom. The molecule has 0 aromatic carbocycles. The van der Waals surface area contributed by atoms with Crippen LogP contribution in [-0.4, -0.2) is 23.9 Å². The Balaban J connectivity index is 2.11. The van der Waals surface area contributed by atoms with E-state index in [-0.39, 0.29) is 11.8 Å². The van der Waals surface area contributed by atoms with Crippen molar-refractivity contribution in [2.75, 3.05) is 4.72 Å². The third kappa shape index (κ3) is 2.78. The Hall–Kier alpha value is -1.08. The van der Waals surface area contributed by atoms with E-state index in [0.717, 1.165) is 32.1 Å². The summed E-state index contributed by atoms with van der Waals surface area (Å²) in [7, 11) is -3.32. The Kier molecular flexibility index (Phi) is 3.68. The van der Waals surface area contributed by atoms with Gasteiger partial charge in [-0.15, -0.1) is 0 Å². The van der Waals surface area contributed by atoms with E-state index in [9.17, 15) is 8.42 Å². The molecular formula is C10H18N4O2S.